The molecule has 3 rings (SSSR count). The van der Waals surface area contributed by atoms with Crippen LogP contribution in [0.3, 0.4) is 0 Å². The van der Waals surface area contributed by atoms with Crippen LogP contribution in [-0.2, 0) is 0 Å². The molecule has 0 aromatic heterocycles. The normalized spacial score (nSPS) is 18.9. The molecule has 1 aromatic rings. The fourth-order valence-corrected chi connectivity index (χ4v) is 2.57. The predicted molar refractivity (Wildman–Crippen MR) is 70.7 cm³/mol. The zero-order valence-electron chi connectivity index (χ0n) is 10.2. The molecule has 0 saturated heterocycles. The van der Waals surface area contributed by atoms with Gasteiger partial charge in [0.25, 0.3) is 0 Å². The molecule has 0 atom stereocenters. The standard InChI is InChI=1S/C14H18N2O2/c15-12-7-10(5-6-11(12)14(17)18)16-13(8-1-2-8)9-3-4-9/h5-9,13,16H,1-4,15H2,(H,17,18). The number of nitrogen functional groups attached to an aromatic ring is 1. The van der Waals surface area contributed by atoms with Crippen LogP contribution in [0.15, 0.2) is 18.2 Å². The Kier molecular flexibility index (Phi) is 2.65. The second-order valence-electron chi connectivity index (χ2n) is 5.45. The van der Waals surface area contributed by atoms with Crippen molar-refractivity contribution in [3.63, 3.8) is 0 Å². The number of rotatable bonds is 5. The molecule has 4 N–H and O–H groups in total. The van der Waals surface area contributed by atoms with E-state index in [-0.39, 0.29) is 5.56 Å². The highest BCUT2D eigenvalue weighted by molar-refractivity contribution is 5.94. The van der Waals surface area contributed by atoms with E-state index in [2.05, 4.69) is 5.32 Å². The van der Waals surface area contributed by atoms with Crippen LogP contribution in [-0.4, -0.2) is 17.1 Å². The Balaban J connectivity index is 1.75. The van der Waals surface area contributed by atoms with Gasteiger partial charge in [0.15, 0.2) is 0 Å². The molecule has 4 heteroatoms. The van der Waals surface area contributed by atoms with E-state index in [0.717, 1.165) is 17.5 Å². The van der Waals surface area contributed by atoms with Crippen molar-refractivity contribution in [3.05, 3.63) is 23.8 Å². The highest BCUT2D eigenvalue weighted by Crippen LogP contribution is 2.45. The van der Waals surface area contributed by atoms with Crippen molar-refractivity contribution in [2.75, 3.05) is 11.1 Å². The lowest BCUT2D eigenvalue weighted by molar-refractivity contribution is 0.0698. The van der Waals surface area contributed by atoms with Gasteiger partial charge in [0.2, 0.25) is 0 Å². The van der Waals surface area contributed by atoms with Gasteiger partial charge in [-0.15, -0.1) is 0 Å². The minimum absolute atomic E-state index is 0.176. The summed E-state index contributed by atoms with van der Waals surface area (Å²) < 4.78 is 0. The summed E-state index contributed by atoms with van der Waals surface area (Å²) in [5, 5.41) is 12.5. The van der Waals surface area contributed by atoms with Crippen LogP contribution in [0.25, 0.3) is 0 Å². The van der Waals surface area contributed by atoms with Crippen molar-refractivity contribution in [3.8, 4) is 0 Å². The Morgan fingerprint density at radius 3 is 2.33 bits per heavy atom. The molecule has 0 aliphatic heterocycles. The number of aromatic carboxylic acids is 1. The second kappa shape index (κ2) is 4.19. The molecule has 2 aliphatic rings. The molecule has 2 aliphatic carbocycles. The van der Waals surface area contributed by atoms with Gasteiger partial charge in [-0.1, -0.05) is 0 Å². The first kappa shape index (κ1) is 11.4. The molecule has 0 spiro atoms. The van der Waals surface area contributed by atoms with E-state index in [1.807, 2.05) is 6.07 Å². The van der Waals surface area contributed by atoms with Crippen molar-refractivity contribution in [1.29, 1.82) is 0 Å². The quantitative estimate of drug-likeness (QED) is 0.698. The average molecular weight is 246 g/mol. The maximum absolute atomic E-state index is 10.9. The molecular weight excluding hydrogens is 228 g/mol. The third kappa shape index (κ3) is 2.28. The summed E-state index contributed by atoms with van der Waals surface area (Å²) in [7, 11) is 0. The number of hydrogen-bond acceptors (Lipinski definition) is 3. The van der Waals surface area contributed by atoms with E-state index in [1.165, 1.54) is 25.7 Å². The van der Waals surface area contributed by atoms with Gasteiger partial charge in [0.1, 0.15) is 0 Å². The Morgan fingerprint density at radius 2 is 1.89 bits per heavy atom. The molecule has 0 unspecified atom stereocenters. The first-order valence-electron chi connectivity index (χ1n) is 6.54. The molecule has 0 bridgehead atoms. The molecule has 1 aromatic carbocycles. The number of carbonyl (C=O) groups is 1. The Hall–Kier alpha value is -1.71. The maximum atomic E-state index is 10.9. The third-order valence-corrected chi connectivity index (χ3v) is 3.88. The van der Waals surface area contributed by atoms with Crippen LogP contribution in [0.4, 0.5) is 11.4 Å². The van der Waals surface area contributed by atoms with Crippen molar-refractivity contribution in [2.24, 2.45) is 11.8 Å². The minimum atomic E-state index is -0.972. The molecule has 2 fully saturated rings. The van der Waals surface area contributed by atoms with Gasteiger partial charge in [-0.05, 0) is 55.7 Å². The highest BCUT2D eigenvalue weighted by atomic mass is 16.4. The van der Waals surface area contributed by atoms with E-state index >= 15 is 0 Å². The largest absolute Gasteiger partial charge is 0.478 e. The zero-order chi connectivity index (χ0) is 12.7. The van der Waals surface area contributed by atoms with Gasteiger partial charge in [-0.2, -0.15) is 0 Å². The fraction of sp³-hybridized carbons (Fsp3) is 0.500. The Bertz CT molecular complexity index is 467. The van der Waals surface area contributed by atoms with Crippen LogP contribution < -0.4 is 11.1 Å². The molecular formula is C14H18N2O2. The fourth-order valence-electron chi connectivity index (χ4n) is 2.57. The van der Waals surface area contributed by atoms with E-state index in [9.17, 15) is 4.79 Å². The average Bonchev–Trinajstić information content (AvgIpc) is 3.17. The lowest BCUT2D eigenvalue weighted by atomic mass is 10.1. The van der Waals surface area contributed by atoms with Crippen molar-refractivity contribution in [2.45, 2.75) is 31.7 Å². The maximum Gasteiger partial charge on any atom is 0.337 e. The minimum Gasteiger partial charge on any atom is -0.478 e. The van der Waals surface area contributed by atoms with Crippen LogP contribution in [0.1, 0.15) is 36.0 Å². The lowest BCUT2D eigenvalue weighted by Crippen LogP contribution is -2.24. The van der Waals surface area contributed by atoms with Gasteiger partial charge in [-0.25, -0.2) is 4.79 Å². The van der Waals surface area contributed by atoms with E-state index in [0.29, 0.717) is 11.7 Å². The summed E-state index contributed by atoms with van der Waals surface area (Å²) in [6.45, 7) is 0. The second-order valence-corrected chi connectivity index (χ2v) is 5.45. The third-order valence-electron chi connectivity index (χ3n) is 3.88. The van der Waals surface area contributed by atoms with Gasteiger partial charge in [0.05, 0.1) is 5.56 Å². The topological polar surface area (TPSA) is 75.3 Å². The number of hydrogen-bond donors (Lipinski definition) is 3. The number of anilines is 2. The summed E-state index contributed by atoms with van der Waals surface area (Å²) in [6.07, 6.45) is 5.27. The van der Waals surface area contributed by atoms with E-state index in [1.54, 1.807) is 12.1 Å². The first-order chi connectivity index (χ1) is 8.65. The zero-order valence-corrected chi connectivity index (χ0v) is 10.2. The molecule has 18 heavy (non-hydrogen) atoms. The number of carboxylic acid groups (broad SMARTS) is 1. The summed E-state index contributed by atoms with van der Waals surface area (Å²) in [4.78, 5) is 10.9. The molecule has 2 saturated carbocycles. The molecule has 0 amide bonds. The predicted octanol–water partition coefficient (Wildman–Crippen LogP) is 2.57. The van der Waals surface area contributed by atoms with Gasteiger partial charge < -0.3 is 16.2 Å². The number of carboxylic acids is 1. The first-order valence-corrected chi connectivity index (χ1v) is 6.54. The molecule has 4 nitrogen and oxygen atoms in total. The smallest absolute Gasteiger partial charge is 0.337 e. The molecule has 0 heterocycles. The highest BCUT2D eigenvalue weighted by Gasteiger charge is 2.41. The lowest BCUT2D eigenvalue weighted by Gasteiger charge is -2.19. The summed E-state index contributed by atoms with van der Waals surface area (Å²) in [5.74, 6) is 0.635. The molecule has 0 radical (unpaired) electrons. The van der Waals surface area contributed by atoms with Gasteiger partial charge in [-0.3, -0.25) is 0 Å². The summed E-state index contributed by atoms with van der Waals surface area (Å²) in [6, 6.07) is 5.69. The van der Waals surface area contributed by atoms with E-state index < -0.39 is 5.97 Å². The number of benzene rings is 1. The van der Waals surface area contributed by atoms with E-state index in [4.69, 9.17) is 10.8 Å². The van der Waals surface area contributed by atoms with Gasteiger partial charge in [0, 0.05) is 17.4 Å². The van der Waals surface area contributed by atoms with Crippen LogP contribution in [0.5, 0.6) is 0 Å². The summed E-state index contributed by atoms with van der Waals surface area (Å²) >= 11 is 0. The van der Waals surface area contributed by atoms with Crippen molar-refractivity contribution in [1.82, 2.24) is 0 Å². The van der Waals surface area contributed by atoms with Gasteiger partial charge >= 0.3 is 5.97 Å². The Morgan fingerprint density at radius 1 is 1.28 bits per heavy atom. The Labute approximate surface area is 106 Å². The van der Waals surface area contributed by atoms with Crippen molar-refractivity contribution >= 4 is 17.3 Å². The van der Waals surface area contributed by atoms with Crippen LogP contribution in [0, 0.1) is 11.8 Å². The molecule has 96 valence electrons. The SMILES string of the molecule is Nc1cc(NC(C2CC2)C2CC2)ccc1C(=O)O. The van der Waals surface area contributed by atoms with Crippen molar-refractivity contribution < 1.29 is 9.90 Å². The summed E-state index contributed by atoms with van der Waals surface area (Å²) in [5.41, 5.74) is 7.21. The number of nitrogens with two attached hydrogens (primary N) is 1. The van der Waals surface area contributed by atoms with Crippen LogP contribution >= 0.6 is 0 Å². The number of nitrogens with one attached hydrogen (secondary N) is 1. The monoisotopic (exact) mass is 246 g/mol. The van der Waals surface area contributed by atoms with Crippen LogP contribution in [0.2, 0.25) is 0 Å².